The van der Waals surface area contributed by atoms with Crippen LogP contribution in [-0.2, 0) is 44.7 Å². The molecule has 0 spiro atoms. The van der Waals surface area contributed by atoms with Gasteiger partial charge in [-0.25, -0.2) is 9.97 Å². The van der Waals surface area contributed by atoms with E-state index in [2.05, 4.69) is 26.4 Å². The summed E-state index contributed by atoms with van der Waals surface area (Å²) in [5.74, 6) is -0.351. The molecule has 0 saturated carbocycles. The van der Waals surface area contributed by atoms with Crippen LogP contribution in [0.5, 0.6) is 5.75 Å². The Kier molecular flexibility index (Phi) is 18.5. The molecule has 15 heteroatoms. The molecule has 0 aliphatic carbocycles. The SMILES string of the molecule is CCCC(=O)OCC(COC(=O)CC)OC(=O)CC(C)CCCCC(C)C(=O)Oc1c(C)cc(Cn2ccc3c(N(C)[C@H]4CN(C(=O)CC#N)CC[C@H]4C)ncnc32)cc1C. The van der Waals surface area contributed by atoms with Gasteiger partial charge < -0.3 is 33.3 Å². The number of likely N-dealkylation sites (N-methyl/N-ethyl adjacent to an activating group) is 1. The van der Waals surface area contributed by atoms with Crippen molar-refractivity contribution in [2.45, 2.75) is 131 Å². The number of hydrogen-bond acceptors (Lipinski definition) is 13. The summed E-state index contributed by atoms with van der Waals surface area (Å²) in [5, 5.41) is 9.96. The van der Waals surface area contributed by atoms with Crippen molar-refractivity contribution < 1.29 is 42.9 Å². The number of fused-ring (bicyclic) bond motifs is 1. The Labute approximate surface area is 360 Å². The normalized spacial score (nSPS) is 16.5. The van der Waals surface area contributed by atoms with E-state index in [4.69, 9.17) is 24.2 Å². The van der Waals surface area contributed by atoms with Crippen LogP contribution in [0.15, 0.2) is 30.7 Å². The number of amides is 1. The molecule has 1 saturated heterocycles. The number of aryl methyl sites for hydroxylation is 2. The van der Waals surface area contributed by atoms with Crippen LogP contribution in [0, 0.1) is 42.9 Å². The van der Waals surface area contributed by atoms with E-state index in [1.807, 2.05) is 72.1 Å². The van der Waals surface area contributed by atoms with Crippen molar-refractivity contribution in [1.82, 2.24) is 19.4 Å². The lowest BCUT2D eigenvalue weighted by molar-refractivity contribution is -0.167. The molecule has 4 rings (SSSR count). The Hall–Kier alpha value is -5.52. The van der Waals surface area contributed by atoms with Gasteiger partial charge in [-0.05, 0) is 67.7 Å². The lowest BCUT2D eigenvalue weighted by Gasteiger charge is -2.42. The number of likely N-dealkylation sites (tertiary alicyclic amines) is 1. The standard InChI is InChI=1S/C46H64N6O9/c1-9-13-41(55)59-28-36(27-58-40(54)10-2)60-42(56)22-30(3)14-11-12-15-32(5)46(57)61-43-33(6)23-35(24-34(43)7)25-52-21-18-37-44(48-29-49-45(37)52)50(8)38-26-51(20-17-31(38)4)39(53)16-19-47/h18,21,23-24,29-32,36,38H,9-17,20,22,25-28H2,1-8H3/t30?,31-,32?,36?,38+/m1/s1. The van der Waals surface area contributed by atoms with E-state index in [0.717, 1.165) is 59.2 Å². The molecule has 0 bridgehead atoms. The molecule has 61 heavy (non-hydrogen) atoms. The zero-order chi connectivity index (χ0) is 44.6. The molecule has 2 aromatic heterocycles. The molecule has 1 fully saturated rings. The lowest BCUT2D eigenvalue weighted by atomic mass is 9.92. The van der Waals surface area contributed by atoms with Crippen molar-refractivity contribution in [2.75, 3.05) is 38.3 Å². The number of benzene rings is 1. The Morgan fingerprint density at radius 3 is 2.34 bits per heavy atom. The number of aromatic nitrogens is 3. The summed E-state index contributed by atoms with van der Waals surface area (Å²) in [4.78, 5) is 75.1. The van der Waals surface area contributed by atoms with E-state index in [-0.39, 0.29) is 68.7 Å². The number of piperidine rings is 1. The van der Waals surface area contributed by atoms with Gasteiger partial charge in [0, 0.05) is 52.1 Å². The van der Waals surface area contributed by atoms with Gasteiger partial charge in [-0.3, -0.25) is 24.0 Å². The predicted molar refractivity (Wildman–Crippen MR) is 229 cm³/mol. The Balaban J connectivity index is 1.27. The van der Waals surface area contributed by atoms with E-state index in [1.54, 1.807) is 18.2 Å². The average molecular weight is 845 g/mol. The molecular weight excluding hydrogens is 781 g/mol. The fourth-order valence-electron chi connectivity index (χ4n) is 7.75. The minimum atomic E-state index is -0.871. The van der Waals surface area contributed by atoms with E-state index >= 15 is 0 Å². The Morgan fingerprint density at radius 2 is 1.67 bits per heavy atom. The van der Waals surface area contributed by atoms with Crippen molar-refractivity contribution >= 4 is 46.6 Å². The van der Waals surface area contributed by atoms with Crippen LogP contribution in [0.4, 0.5) is 5.82 Å². The van der Waals surface area contributed by atoms with Crippen LogP contribution in [0.1, 0.15) is 116 Å². The van der Waals surface area contributed by atoms with Crippen molar-refractivity contribution in [3.05, 3.63) is 47.4 Å². The van der Waals surface area contributed by atoms with Gasteiger partial charge in [-0.15, -0.1) is 0 Å². The molecule has 0 N–H and O–H groups in total. The van der Waals surface area contributed by atoms with Crippen LogP contribution >= 0.6 is 0 Å². The molecule has 1 aliphatic rings. The highest BCUT2D eigenvalue weighted by molar-refractivity contribution is 5.88. The molecule has 5 atom stereocenters. The van der Waals surface area contributed by atoms with Gasteiger partial charge in [0.25, 0.3) is 0 Å². The molecule has 1 aromatic carbocycles. The van der Waals surface area contributed by atoms with Crippen LogP contribution in [0.25, 0.3) is 11.0 Å². The number of ether oxygens (including phenoxy) is 4. The van der Waals surface area contributed by atoms with Gasteiger partial charge in [0.05, 0.1) is 23.4 Å². The molecule has 3 heterocycles. The highest BCUT2D eigenvalue weighted by Gasteiger charge is 2.33. The van der Waals surface area contributed by atoms with E-state index in [0.29, 0.717) is 44.1 Å². The molecule has 3 aromatic rings. The maximum atomic E-state index is 13.2. The molecule has 15 nitrogen and oxygen atoms in total. The van der Waals surface area contributed by atoms with Gasteiger partial charge in [-0.2, -0.15) is 5.26 Å². The van der Waals surface area contributed by atoms with Crippen LogP contribution in [0.2, 0.25) is 0 Å². The number of carbonyl (C=O) groups excluding carboxylic acids is 5. The maximum absolute atomic E-state index is 13.2. The minimum Gasteiger partial charge on any atom is -0.462 e. The van der Waals surface area contributed by atoms with Gasteiger partial charge in [-0.1, -0.05) is 66.0 Å². The second kappa shape index (κ2) is 23.5. The summed E-state index contributed by atoms with van der Waals surface area (Å²) < 4.78 is 23.9. The second-order valence-electron chi connectivity index (χ2n) is 16.6. The highest BCUT2D eigenvalue weighted by atomic mass is 16.6. The number of rotatable bonds is 22. The molecule has 1 amide bonds. The predicted octanol–water partition coefficient (Wildman–Crippen LogP) is 7.02. The number of carbonyl (C=O) groups is 5. The minimum absolute atomic E-state index is 0.0201. The highest BCUT2D eigenvalue weighted by Crippen LogP contribution is 2.31. The second-order valence-corrected chi connectivity index (χ2v) is 16.6. The molecule has 0 radical (unpaired) electrons. The van der Waals surface area contributed by atoms with Crippen molar-refractivity contribution in [1.29, 1.82) is 5.26 Å². The third-order valence-electron chi connectivity index (χ3n) is 11.3. The van der Waals surface area contributed by atoms with Crippen LogP contribution < -0.4 is 9.64 Å². The molecular formula is C46H64N6O9. The van der Waals surface area contributed by atoms with Crippen molar-refractivity contribution in [3.63, 3.8) is 0 Å². The summed E-state index contributed by atoms with van der Waals surface area (Å²) in [6.45, 7) is 14.8. The first-order valence-electron chi connectivity index (χ1n) is 21.6. The van der Waals surface area contributed by atoms with Crippen molar-refractivity contribution in [2.24, 2.45) is 17.8 Å². The molecule has 3 unspecified atom stereocenters. The van der Waals surface area contributed by atoms with Gasteiger partial charge in [0.2, 0.25) is 5.91 Å². The Bertz CT molecular complexity index is 2000. The topological polar surface area (TPSA) is 183 Å². The van der Waals surface area contributed by atoms with Crippen LogP contribution in [0.3, 0.4) is 0 Å². The summed E-state index contributed by atoms with van der Waals surface area (Å²) in [7, 11) is 2.00. The summed E-state index contributed by atoms with van der Waals surface area (Å²) in [6.07, 6.45) is 7.62. The van der Waals surface area contributed by atoms with E-state index in [1.165, 1.54) is 0 Å². The fraction of sp³-hybridized carbons (Fsp3) is 0.609. The first-order valence-corrected chi connectivity index (χ1v) is 21.6. The number of esters is 4. The summed E-state index contributed by atoms with van der Waals surface area (Å²) in [5.41, 5.74) is 3.53. The number of nitrogens with zero attached hydrogens (tertiary/aromatic N) is 6. The number of hydrogen-bond donors (Lipinski definition) is 0. The summed E-state index contributed by atoms with van der Waals surface area (Å²) >= 11 is 0. The van der Waals surface area contributed by atoms with Crippen molar-refractivity contribution in [3.8, 4) is 11.8 Å². The monoisotopic (exact) mass is 844 g/mol. The first kappa shape index (κ1) is 48.1. The average Bonchev–Trinajstić information content (AvgIpc) is 3.64. The number of nitriles is 1. The smallest absolute Gasteiger partial charge is 0.314 e. The van der Waals surface area contributed by atoms with Crippen LogP contribution in [-0.4, -0.2) is 94.7 Å². The number of anilines is 1. The molecule has 1 aliphatic heterocycles. The van der Waals surface area contributed by atoms with Gasteiger partial charge >= 0.3 is 23.9 Å². The zero-order valence-corrected chi connectivity index (χ0v) is 37.2. The maximum Gasteiger partial charge on any atom is 0.314 e. The summed E-state index contributed by atoms with van der Waals surface area (Å²) in [6, 6.07) is 8.09. The quantitative estimate of drug-likeness (QED) is 0.0436. The third-order valence-corrected chi connectivity index (χ3v) is 11.3. The largest absolute Gasteiger partial charge is 0.462 e. The lowest BCUT2D eigenvalue weighted by Crippen LogP contribution is -2.52. The first-order chi connectivity index (χ1) is 29.1. The van der Waals surface area contributed by atoms with E-state index in [9.17, 15) is 24.0 Å². The van der Waals surface area contributed by atoms with Gasteiger partial charge in [0.1, 0.15) is 43.2 Å². The zero-order valence-electron chi connectivity index (χ0n) is 37.2. The Morgan fingerprint density at radius 1 is 0.984 bits per heavy atom. The van der Waals surface area contributed by atoms with E-state index < -0.39 is 24.0 Å². The van der Waals surface area contributed by atoms with Gasteiger partial charge in [0.15, 0.2) is 6.10 Å². The fourth-order valence-corrected chi connectivity index (χ4v) is 7.75. The molecule has 332 valence electrons. The number of unbranched alkanes of at least 4 members (excludes halogenated alkanes) is 1. The third kappa shape index (κ3) is 14.0.